The molecule has 3 aromatic heterocycles. The zero-order chi connectivity index (χ0) is 24.4. The van der Waals surface area contributed by atoms with E-state index in [0.717, 1.165) is 70.8 Å². The molecule has 0 aliphatic heterocycles. The minimum Gasteiger partial charge on any atom is -0.343 e. The summed E-state index contributed by atoms with van der Waals surface area (Å²) in [6, 6.07) is 20.5. The summed E-state index contributed by atoms with van der Waals surface area (Å²) in [5.41, 5.74) is 6.65. The van der Waals surface area contributed by atoms with Crippen LogP contribution in [0.4, 0.5) is 0 Å². The van der Waals surface area contributed by atoms with E-state index in [1.165, 1.54) is 5.56 Å². The topological polar surface area (TPSA) is 44.0 Å². The summed E-state index contributed by atoms with van der Waals surface area (Å²) < 4.78 is 5.34. The van der Waals surface area contributed by atoms with Gasteiger partial charge < -0.3 is 9.13 Å². The molecule has 0 amide bonds. The molecule has 4 nitrogen and oxygen atoms in total. The first kappa shape index (κ1) is 22.0. The van der Waals surface area contributed by atoms with Crippen LogP contribution in [0.2, 0.25) is 0 Å². The molecular weight excluding hydrogens is 520 g/mol. The lowest BCUT2D eigenvalue weighted by atomic mass is 9.99. The third kappa shape index (κ3) is 3.24. The molecule has 0 aliphatic carbocycles. The molecule has 0 saturated heterocycles. The maximum Gasteiger partial charge on any atom is 0.150 e. The lowest BCUT2D eigenvalue weighted by Gasteiger charge is -2.06. The van der Waals surface area contributed by atoms with E-state index in [0.29, 0.717) is 11.1 Å². The summed E-state index contributed by atoms with van der Waals surface area (Å²) in [5, 5.41) is 3.92. The molecule has 0 radical (unpaired) electrons. The second-order valence-corrected chi connectivity index (χ2v) is 10.9. The lowest BCUT2D eigenvalue weighted by molar-refractivity contribution is 0.111. The molecular formula is C29H21BrN2O2S. The zero-order valence-electron chi connectivity index (χ0n) is 19.4. The van der Waals surface area contributed by atoms with Gasteiger partial charge >= 0.3 is 0 Å². The summed E-state index contributed by atoms with van der Waals surface area (Å²) in [7, 11) is 4.09. The molecule has 0 N–H and O–H groups in total. The molecule has 3 heterocycles. The highest BCUT2D eigenvalue weighted by molar-refractivity contribution is 9.10. The number of aldehydes is 2. The number of carbonyl (C=O) groups excluding carboxylic acids is 2. The molecule has 0 bridgehead atoms. The fourth-order valence-electron chi connectivity index (χ4n) is 5.11. The third-order valence-corrected chi connectivity index (χ3v) is 8.58. The number of benzene rings is 3. The van der Waals surface area contributed by atoms with Gasteiger partial charge in [-0.05, 0) is 49.4 Å². The lowest BCUT2D eigenvalue weighted by Crippen LogP contribution is -1.93. The van der Waals surface area contributed by atoms with Gasteiger partial charge in [0.05, 0.1) is 21.1 Å². The van der Waals surface area contributed by atoms with Crippen LogP contribution in [0.1, 0.15) is 26.3 Å². The minimum absolute atomic E-state index is 0.587. The number of hydrogen-bond acceptors (Lipinski definition) is 3. The minimum atomic E-state index is 0.587. The third-order valence-electron chi connectivity index (χ3n) is 6.85. The van der Waals surface area contributed by atoms with E-state index in [4.69, 9.17) is 0 Å². The van der Waals surface area contributed by atoms with E-state index in [-0.39, 0.29) is 0 Å². The Morgan fingerprint density at radius 2 is 1.23 bits per heavy atom. The molecule has 0 spiro atoms. The Hall–Kier alpha value is -3.48. The zero-order valence-corrected chi connectivity index (χ0v) is 21.8. The molecule has 6 heteroatoms. The molecule has 0 aliphatic rings. The van der Waals surface area contributed by atoms with Crippen molar-refractivity contribution in [2.24, 2.45) is 14.1 Å². The van der Waals surface area contributed by atoms with Crippen molar-refractivity contribution in [2.75, 3.05) is 0 Å². The normalized spacial score (nSPS) is 11.7. The van der Waals surface area contributed by atoms with E-state index >= 15 is 0 Å². The van der Waals surface area contributed by atoms with Gasteiger partial charge in [0, 0.05) is 62.3 Å². The molecule has 0 atom stereocenters. The molecule has 6 aromatic rings. The summed E-state index contributed by atoms with van der Waals surface area (Å²) in [6.45, 7) is 2.09. The van der Waals surface area contributed by atoms with Gasteiger partial charge in [0.1, 0.15) is 0 Å². The first-order valence-electron chi connectivity index (χ1n) is 11.2. The van der Waals surface area contributed by atoms with Crippen molar-refractivity contribution >= 4 is 72.4 Å². The monoisotopic (exact) mass is 540 g/mol. The second kappa shape index (κ2) is 8.04. The number of halogens is 1. The van der Waals surface area contributed by atoms with Gasteiger partial charge in [-0.25, -0.2) is 0 Å². The SMILES string of the molecule is Cc1ccc2c(c1)cc(-c1sc(-c3cc4cc(Br)ccc4n3C)c3c(C=O)ccc(C=O)c13)n2C. The highest BCUT2D eigenvalue weighted by atomic mass is 79.9. The average Bonchev–Trinajstić information content (AvgIpc) is 3.49. The van der Waals surface area contributed by atoms with Gasteiger partial charge in [0.2, 0.25) is 0 Å². The number of thiophene rings is 1. The van der Waals surface area contributed by atoms with E-state index < -0.39 is 0 Å². The fraction of sp³-hybridized carbons (Fsp3) is 0.103. The maximum absolute atomic E-state index is 12.2. The van der Waals surface area contributed by atoms with Crippen LogP contribution in [0.3, 0.4) is 0 Å². The Morgan fingerprint density at radius 3 is 1.77 bits per heavy atom. The van der Waals surface area contributed by atoms with Crippen LogP contribution in [-0.4, -0.2) is 21.7 Å². The second-order valence-electron chi connectivity index (χ2n) is 8.93. The Balaban J connectivity index is 1.75. The first-order chi connectivity index (χ1) is 16.9. The highest BCUT2D eigenvalue weighted by Gasteiger charge is 2.24. The van der Waals surface area contributed by atoms with E-state index in [1.807, 2.05) is 13.1 Å². The van der Waals surface area contributed by atoms with E-state index in [1.54, 1.807) is 23.5 Å². The molecule has 0 unspecified atom stereocenters. The molecule has 35 heavy (non-hydrogen) atoms. The van der Waals surface area contributed by atoms with E-state index in [9.17, 15) is 9.59 Å². The van der Waals surface area contributed by atoms with Gasteiger partial charge in [-0.15, -0.1) is 11.3 Å². The summed E-state index contributed by atoms with van der Waals surface area (Å²) >= 11 is 5.21. The fourth-order valence-corrected chi connectivity index (χ4v) is 6.94. The van der Waals surface area contributed by atoms with Crippen molar-refractivity contribution in [1.29, 1.82) is 0 Å². The van der Waals surface area contributed by atoms with Crippen LogP contribution in [-0.2, 0) is 14.1 Å². The molecule has 172 valence electrons. The van der Waals surface area contributed by atoms with Crippen LogP contribution >= 0.6 is 27.3 Å². The predicted octanol–water partition coefficient (Wildman–Crippen LogP) is 7.91. The average molecular weight is 541 g/mol. The highest BCUT2D eigenvalue weighted by Crippen LogP contribution is 2.48. The molecule has 0 saturated carbocycles. The number of fused-ring (bicyclic) bond motifs is 3. The van der Waals surface area contributed by atoms with Gasteiger partial charge in [0.25, 0.3) is 0 Å². The summed E-state index contributed by atoms with van der Waals surface area (Å²) in [5.74, 6) is 0. The first-order valence-corrected chi connectivity index (χ1v) is 12.8. The number of aryl methyl sites for hydroxylation is 3. The number of hydrogen-bond donors (Lipinski definition) is 0. The largest absolute Gasteiger partial charge is 0.343 e. The van der Waals surface area contributed by atoms with Crippen molar-refractivity contribution < 1.29 is 9.59 Å². The maximum atomic E-state index is 12.2. The van der Waals surface area contributed by atoms with Gasteiger partial charge in [-0.1, -0.05) is 39.7 Å². The number of aromatic nitrogens is 2. The summed E-state index contributed by atoms with van der Waals surface area (Å²) in [6.07, 6.45) is 1.78. The van der Waals surface area contributed by atoms with Gasteiger partial charge in [0.15, 0.2) is 12.6 Å². The number of rotatable bonds is 4. The van der Waals surface area contributed by atoms with Crippen molar-refractivity contribution in [3.8, 4) is 21.1 Å². The quantitative estimate of drug-likeness (QED) is 0.213. The van der Waals surface area contributed by atoms with Gasteiger partial charge in [-0.2, -0.15) is 0 Å². The van der Waals surface area contributed by atoms with Crippen LogP contribution in [0.5, 0.6) is 0 Å². The number of carbonyl (C=O) groups is 2. The number of nitrogens with zero attached hydrogens (tertiary/aromatic N) is 2. The van der Waals surface area contributed by atoms with Crippen molar-refractivity contribution in [3.63, 3.8) is 0 Å². The van der Waals surface area contributed by atoms with Crippen LogP contribution in [0, 0.1) is 6.92 Å². The molecule has 6 rings (SSSR count). The van der Waals surface area contributed by atoms with Crippen LogP contribution < -0.4 is 0 Å². The Morgan fingerprint density at radius 1 is 0.714 bits per heavy atom. The Labute approximate surface area is 214 Å². The Kier molecular flexibility index (Phi) is 5.06. The van der Waals surface area contributed by atoms with Crippen molar-refractivity contribution in [1.82, 2.24) is 9.13 Å². The van der Waals surface area contributed by atoms with Gasteiger partial charge in [-0.3, -0.25) is 9.59 Å². The molecule has 0 fully saturated rings. The standard InChI is InChI=1S/C29H21BrN2O2S/c1-16-4-8-22-19(10-16)12-24(31(22)2)28-26-17(14-33)5-6-18(15-34)27(26)29(35-28)25-13-20-11-21(30)7-9-23(20)32(25)3/h4-15H,1-3H3. The van der Waals surface area contributed by atoms with Crippen LogP contribution in [0.25, 0.3) is 53.7 Å². The smallest absolute Gasteiger partial charge is 0.150 e. The van der Waals surface area contributed by atoms with Crippen LogP contribution in [0.15, 0.2) is 65.1 Å². The Bertz CT molecular complexity index is 1710. The predicted molar refractivity (Wildman–Crippen MR) is 149 cm³/mol. The molecule has 3 aromatic carbocycles. The van der Waals surface area contributed by atoms with E-state index in [2.05, 4.69) is 81.5 Å². The van der Waals surface area contributed by atoms with Crippen molar-refractivity contribution in [2.45, 2.75) is 6.92 Å². The summed E-state index contributed by atoms with van der Waals surface area (Å²) in [4.78, 5) is 26.4. The van der Waals surface area contributed by atoms with Crippen molar-refractivity contribution in [3.05, 3.63) is 81.8 Å².